The fourth-order valence-corrected chi connectivity index (χ4v) is 3.98. The third-order valence-electron chi connectivity index (χ3n) is 5.06. The highest BCUT2D eigenvalue weighted by atomic mass is 15.2. The first-order chi connectivity index (χ1) is 9.76. The van der Waals surface area contributed by atoms with E-state index in [1.54, 1.807) is 0 Å². The number of nitrogens with zero attached hydrogens (tertiary/aromatic N) is 2. The second kappa shape index (κ2) is 6.25. The average Bonchev–Trinajstić information content (AvgIpc) is 2.47. The summed E-state index contributed by atoms with van der Waals surface area (Å²) in [6, 6.07) is 9.58. The number of benzene rings is 1. The summed E-state index contributed by atoms with van der Waals surface area (Å²) in [5.74, 6) is 0.875. The maximum absolute atomic E-state index is 5.74. The molecule has 2 heterocycles. The lowest BCUT2D eigenvalue weighted by atomic mass is 9.84. The molecular weight excluding hydrogens is 246 g/mol. The minimum atomic E-state index is 0.642. The fourth-order valence-electron chi connectivity index (χ4n) is 3.98. The molecular formula is C17H27N3. The summed E-state index contributed by atoms with van der Waals surface area (Å²) in [6.45, 7) is 5.52. The van der Waals surface area contributed by atoms with Gasteiger partial charge in [-0.15, -0.1) is 0 Å². The van der Waals surface area contributed by atoms with Crippen LogP contribution in [0.5, 0.6) is 0 Å². The van der Waals surface area contributed by atoms with Gasteiger partial charge in [-0.3, -0.25) is 4.90 Å². The van der Waals surface area contributed by atoms with Gasteiger partial charge in [0.2, 0.25) is 0 Å². The van der Waals surface area contributed by atoms with Gasteiger partial charge >= 0.3 is 0 Å². The van der Waals surface area contributed by atoms with E-state index in [4.69, 9.17) is 5.73 Å². The summed E-state index contributed by atoms with van der Waals surface area (Å²) in [4.78, 5) is 5.22. The number of likely N-dealkylation sites (tertiary alicyclic amines) is 2. The molecule has 0 aliphatic carbocycles. The molecule has 0 radical (unpaired) electrons. The fraction of sp³-hybridized carbons (Fsp3) is 0.647. The lowest BCUT2D eigenvalue weighted by molar-refractivity contribution is 0.0355. The standard InChI is InChI=1S/C17H27N3/c1-19-8-3-6-16-13-20(9-7-17(16)19)12-15-5-2-4-14(10-15)11-18/h2,4-5,10,16-17H,3,6-9,11-13,18H2,1H3. The first-order valence-corrected chi connectivity index (χ1v) is 7.97. The Morgan fingerprint density at radius 1 is 1.20 bits per heavy atom. The maximum Gasteiger partial charge on any atom is 0.0233 e. The van der Waals surface area contributed by atoms with Crippen molar-refractivity contribution in [2.45, 2.75) is 38.4 Å². The van der Waals surface area contributed by atoms with Gasteiger partial charge in [0.05, 0.1) is 0 Å². The number of hydrogen-bond donors (Lipinski definition) is 1. The SMILES string of the molecule is CN1CCCC2CN(Cc3cccc(CN)c3)CCC21. The van der Waals surface area contributed by atoms with Gasteiger partial charge < -0.3 is 10.6 Å². The van der Waals surface area contributed by atoms with Crippen molar-refractivity contribution >= 4 is 0 Å². The van der Waals surface area contributed by atoms with Crippen molar-refractivity contribution in [3.63, 3.8) is 0 Å². The van der Waals surface area contributed by atoms with Crippen LogP contribution in [0.4, 0.5) is 0 Å². The molecule has 2 unspecified atom stereocenters. The molecule has 0 aromatic heterocycles. The van der Waals surface area contributed by atoms with E-state index in [0.29, 0.717) is 6.54 Å². The molecule has 2 aliphatic heterocycles. The van der Waals surface area contributed by atoms with Gasteiger partial charge in [-0.05, 0) is 56.4 Å². The highest BCUT2D eigenvalue weighted by molar-refractivity contribution is 5.23. The van der Waals surface area contributed by atoms with Crippen molar-refractivity contribution < 1.29 is 0 Å². The van der Waals surface area contributed by atoms with E-state index in [9.17, 15) is 0 Å². The van der Waals surface area contributed by atoms with E-state index < -0.39 is 0 Å². The maximum atomic E-state index is 5.74. The Kier molecular flexibility index (Phi) is 4.39. The molecule has 110 valence electrons. The molecule has 2 N–H and O–H groups in total. The smallest absolute Gasteiger partial charge is 0.0233 e. The second-order valence-corrected chi connectivity index (χ2v) is 6.50. The Labute approximate surface area is 122 Å². The van der Waals surface area contributed by atoms with Gasteiger partial charge in [-0.25, -0.2) is 0 Å². The topological polar surface area (TPSA) is 32.5 Å². The average molecular weight is 273 g/mol. The van der Waals surface area contributed by atoms with Crippen molar-refractivity contribution in [2.75, 3.05) is 26.7 Å². The molecule has 3 rings (SSSR count). The molecule has 3 nitrogen and oxygen atoms in total. The van der Waals surface area contributed by atoms with Crippen molar-refractivity contribution in [3.8, 4) is 0 Å². The largest absolute Gasteiger partial charge is 0.326 e. The van der Waals surface area contributed by atoms with Crippen LogP contribution in [0.25, 0.3) is 0 Å². The Hall–Kier alpha value is -0.900. The quantitative estimate of drug-likeness (QED) is 0.915. The Morgan fingerprint density at radius 3 is 2.90 bits per heavy atom. The van der Waals surface area contributed by atoms with Gasteiger partial charge in [0.1, 0.15) is 0 Å². The number of rotatable bonds is 3. The molecule has 2 aliphatic rings. The summed E-state index contributed by atoms with van der Waals surface area (Å²) in [6.07, 6.45) is 4.11. The summed E-state index contributed by atoms with van der Waals surface area (Å²) >= 11 is 0. The molecule has 2 saturated heterocycles. The van der Waals surface area contributed by atoms with Crippen molar-refractivity contribution in [1.29, 1.82) is 0 Å². The van der Waals surface area contributed by atoms with E-state index in [0.717, 1.165) is 18.5 Å². The highest BCUT2D eigenvalue weighted by Crippen LogP contribution is 2.30. The molecule has 2 atom stereocenters. The van der Waals surface area contributed by atoms with Crippen LogP contribution in [0.15, 0.2) is 24.3 Å². The van der Waals surface area contributed by atoms with Crippen molar-refractivity contribution in [2.24, 2.45) is 11.7 Å². The van der Waals surface area contributed by atoms with Crippen LogP contribution in [0.2, 0.25) is 0 Å². The first kappa shape index (κ1) is 14.1. The zero-order chi connectivity index (χ0) is 13.9. The van der Waals surface area contributed by atoms with Crippen molar-refractivity contribution in [3.05, 3.63) is 35.4 Å². The summed E-state index contributed by atoms with van der Waals surface area (Å²) in [5, 5.41) is 0. The van der Waals surface area contributed by atoms with Crippen LogP contribution < -0.4 is 5.73 Å². The Bertz CT molecular complexity index is 446. The molecule has 1 aromatic rings. The normalized spacial score (nSPS) is 28.3. The molecule has 0 bridgehead atoms. The van der Waals surface area contributed by atoms with Gasteiger partial charge in [0.15, 0.2) is 0 Å². The summed E-state index contributed by atoms with van der Waals surface area (Å²) in [5.41, 5.74) is 8.39. The minimum Gasteiger partial charge on any atom is -0.326 e. The molecule has 0 amide bonds. The van der Waals surface area contributed by atoms with Crippen LogP contribution in [-0.4, -0.2) is 42.5 Å². The van der Waals surface area contributed by atoms with Gasteiger partial charge in [-0.2, -0.15) is 0 Å². The van der Waals surface area contributed by atoms with E-state index in [1.165, 1.54) is 50.0 Å². The predicted molar refractivity (Wildman–Crippen MR) is 83.4 cm³/mol. The molecule has 20 heavy (non-hydrogen) atoms. The summed E-state index contributed by atoms with van der Waals surface area (Å²) in [7, 11) is 2.30. The van der Waals surface area contributed by atoms with Crippen LogP contribution in [0.3, 0.4) is 0 Å². The van der Waals surface area contributed by atoms with Gasteiger partial charge in [0.25, 0.3) is 0 Å². The number of hydrogen-bond acceptors (Lipinski definition) is 3. The van der Waals surface area contributed by atoms with Crippen LogP contribution in [0, 0.1) is 5.92 Å². The number of piperidine rings is 2. The van der Waals surface area contributed by atoms with E-state index >= 15 is 0 Å². The lowest BCUT2D eigenvalue weighted by Gasteiger charge is -2.46. The third-order valence-corrected chi connectivity index (χ3v) is 5.06. The van der Waals surface area contributed by atoms with Gasteiger partial charge in [0, 0.05) is 25.7 Å². The second-order valence-electron chi connectivity index (χ2n) is 6.50. The number of fused-ring (bicyclic) bond motifs is 1. The van der Waals surface area contributed by atoms with Gasteiger partial charge in [-0.1, -0.05) is 24.3 Å². The highest BCUT2D eigenvalue weighted by Gasteiger charge is 2.33. The monoisotopic (exact) mass is 273 g/mol. The van der Waals surface area contributed by atoms with Crippen molar-refractivity contribution in [1.82, 2.24) is 9.80 Å². The van der Waals surface area contributed by atoms with E-state index in [1.807, 2.05) is 0 Å². The molecule has 0 saturated carbocycles. The first-order valence-electron chi connectivity index (χ1n) is 7.97. The predicted octanol–water partition coefficient (Wildman–Crippen LogP) is 2.06. The lowest BCUT2D eigenvalue weighted by Crippen LogP contribution is -2.52. The zero-order valence-corrected chi connectivity index (χ0v) is 12.6. The third kappa shape index (κ3) is 3.05. The molecule has 3 heteroatoms. The Morgan fingerprint density at radius 2 is 2.05 bits per heavy atom. The number of nitrogens with two attached hydrogens (primary N) is 1. The van der Waals surface area contributed by atoms with E-state index in [-0.39, 0.29) is 0 Å². The van der Waals surface area contributed by atoms with Crippen LogP contribution in [-0.2, 0) is 13.1 Å². The molecule has 2 fully saturated rings. The zero-order valence-electron chi connectivity index (χ0n) is 12.6. The molecule has 0 spiro atoms. The van der Waals surface area contributed by atoms with Crippen LogP contribution >= 0.6 is 0 Å². The minimum absolute atomic E-state index is 0.642. The molecule has 1 aromatic carbocycles. The van der Waals surface area contributed by atoms with Crippen LogP contribution in [0.1, 0.15) is 30.4 Å². The van der Waals surface area contributed by atoms with E-state index in [2.05, 4.69) is 41.1 Å². The summed E-state index contributed by atoms with van der Waals surface area (Å²) < 4.78 is 0. The Balaban J connectivity index is 1.61.